The van der Waals surface area contributed by atoms with Crippen LogP contribution in [0.4, 0.5) is 21.6 Å². The van der Waals surface area contributed by atoms with Crippen LogP contribution in [0.5, 0.6) is 5.75 Å². The highest BCUT2D eigenvalue weighted by molar-refractivity contribution is 6.31. The predicted molar refractivity (Wildman–Crippen MR) is 102 cm³/mol. The van der Waals surface area contributed by atoms with Gasteiger partial charge >= 0.3 is 0 Å². The molecule has 1 heterocycles. The van der Waals surface area contributed by atoms with E-state index in [0.717, 1.165) is 5.56 Å². The third kappa shape index (κ3) is 4.51. The summed E-state index contributed by atoms with van der Waals surface area (Å²) in [6.07, 6.45) is 0. The fraction of sp³-hybridized carbons (Fsp3) is 0.105. The van der Waals surface area contributed by atoms with E-state index < -0.39 is 11.7 Å². The zero-order chi connectivity index (χ0) is 19.4. The van der Waals surface area contributed by atoms with Crippen molar-refractivity contribution in [1.82, 2.24) is 10.2 Å². The highest BCUT2D eigenvalue weighted by Gasteiger charge is 2.12. The molecule has 3 aromatic rings. The third-order valence-electron chi connectivity index (χ3n) is 3.69. The number of nitrogens with zero attached hydrogens (tertiary/aromatic N) is 2. The average molecular weight is 387 g/mol. The Morgan fingerprint density at radius 1 is 1.11 bits per heavy atom. The lowest BCUT2D eigenvalue weighted by atomic mass is 10.2. The zero-order valence-electron chi connectivity index (χ0n) is 14.6. The molecule has 2 N–H and O–H groups in total. The summed E-state index contributed by atoms with van der Waals surface area (Å²) in [4.78, 5) is 12.4. The van der Waals surface area contributed by atoms with E-state index in [9.17, 15) is 9.18 Å². The molecule has 0 spiro atoms. The molecule has 0 atom stereocenters. The van der Waals surface area contributed by atoms with Gasteiger partial charge < -0.3 is 15.4 Å². The lowest BCUT2D eigenvalue weighted by Crippen LogP contribution is -2.15. The molecule has 1 amide bonds. The first-order valence-corrected chi connectivity index (χ1v) is 8.36. The first kappa shape index (κ1) is 18.6. The normalized spacial score (nSPS) is 10.4. The van der Waals surface area contributed by atoms with Crippen LogP contribution in [0.25, 0.3) is 0 Å². The summed E-state index contributed by atoms with van der Waals surface area (Å²) < 4.78 is 18.4. The van der Waals surface area contributed by atoms with Crippen molar-refractivity contribution >= 4 is 34.7 Å². The van der Waals surface area contributed by atoms with Crippen molar-refractivity contribution in [1.29, 1.82) is 0 Å². The highest BCUT2D eigenvalue weighted by atomic mass is 35.5. The number of ether oxygens (including phenoxy) is 1. The fourth-order valence-corrected chi connectivity index (χ4v) is 2.53. The molecular formula is C19H16ClFN4O2. The number of carbonyl (C=O) groups is 1. The lowest BCUT2D eigenvalue weighted by molar-refractivity contribution is 0.102. The summed E-state index contributed by atoms with van der Waals surface area (Å²) in [5, 5.41) is 13.6. The topological polar surface area (TPSA) is 76.1 Å². The maximum Gasteiger partial charge on any atom is 0.276 e. The molecule has 1 aromatic heterocycles. The van der Waals surface area contributed by atoms with E-state index in [2.05, 4.69) is 20.8 Å². The van der Waals surface area contributed by atoms with Gasteiger partial charge in [0.05, 0.1) is 17.8 Å². The Balaban J connectivity index is 1.72. The van der Waals surface area contributed by atoms with Gasteiger partial charge in [-0.15, -0.1) is 10.2 Å². The minimum atomic E-state index is -0.508. The standard InChI is InChI=1S/C19H16ClFN4O2/c1-11-3-7-17(27-2)16(9-11)23-19(26)15-6-8-18(25-24-15)22-12-4-5-14(21)13(20)10-12/h3-10H,1-2H3,(H,22,25)(H,23,26). The molecule has 8 heteroatoms. The molecule has 3 rings (SSSR count). The SMILES string of the molecule is COc1ccc(C)cc1NC(=O)c1ccc(Nc2ccc(F)c(Cl)c2)nn1. The van der Waals surface area contributed by atoms with E-state index in [1.165, 1.54) is 31.4 Å². The van der Waals surface area contributed by atoms with Crippen molar-refractivity contribution in [3.8, 4) is 5.75 Å². The predicted octanol–water partition coefficient (Wildman–Crippen LogP) is 4.58. The summed E-state index contributed by atoms with van der Waals surface area (Å²) in [5.74, 6) is 0.0189. The van der Waals surface area contributed by atoms with Crippen LogP contribution in [-0.4, -0.2) is 23.2 Å². The van der Waals surface area contributed by atoms with Crippen molar-refractivity contribution in [3.63, 3.8) is 0 Å². The summed E-state index contributed by atoms with van der Waals surface area (Å²) >= 11 is 5.75. The summed E-state index contributed by atoms with van der Waals surface area (Å²) in [5.41, 5.74) is 2.22. The minimum absolute atomic E-state index is 0.00365. The molecule has 0 radical (unpaired) electrons. The number of rotatable bonds is 5. The van der Waals surface area contributed by atoms with Gasteiger partial charge in [0.2, 0.25) is 0 Å². The van der Waals surface area contributed by atoms with Crippen LogP contribution in [0, 0.1) is 12.7 Å². The minimum Gasteiger partial charge on any atom is -0.495 e. The van der Waals surface area contributed by atoms with Crippen molar-refractivity contribution in [2.24, 2.45) is 0 Å². The van der Waals surface area contributed by atoms with Crippen LogP contribution < -0.4 is 15.4 Å². The summed E-state index contributed by atoms with van der Waals surface area (Å²) in [6.45, 7) is 1.91. The third-order valence-corrected chi connectivity index (χ3v) is 3.98. The Bertz CT molecular complexity index is 980. The lowest BCUT2D eigenvalue weighted by Gasteiger charge is -2.11. The van der Waals surface area contributed by atoms with Gasteiger partial charge in [-0.3, -0.25) is 4.79 Å². The second kappa shape index (κ2) is 8.01. The largest absolute Gasteiger partial charge is 0.495 e. The van der Waals surface area contributed by atoms with Crippen LogP contribution in [0.1, 0.15) is 16.1 Å². The average Bonchev–Trinajstić information content (AvgIpc) is 2.65. The van der Waals surface area contributed by atoms with Gasteiger partial charge in [0, 0.05) is 5.69 Å². The molecule has 27 heavy (non-hydrogen) atoms. The van der Waals surface area contributed by atoms with E-state index in [-0.39, 0.29) is 10.7 Å². The molecule has 0 aliphatic heterocycles. The molecular weight excluding hydrogens is 371 g/mol. The summed E-state index contributed by atoms with van der Waals surface area (Å²) in [7, 11) is 1.53. The molecule has 0 aliphatic rings. The Morgan fingerprint density at radius 2 is 1.93 bits per heavy atom. The maximum absolute atomic E-state index is 13.2. The second-order valence-electron chi connectivity index (χ2n) is 5.72. The monoisotopic (exact) mass is 386 g/mol. The van der Waals surface area contributed by atoms with Crippen LogP contribution in [-0.2, 0) is 0 Å². The molecule has 0 unspecified atom stereocenters. The van der Waals surface area contributed by atoms with E-state index in [1.54, 1.807) is 18.2 Å². The number of methoxy groups -OCH3 is 1. The van der Waals surface area contributed by atoms with Crippen molar-refractivity contribution in [2.75, 3.05) is 17.7 Å². The number of hydrogen-bond donors (Lipinski definition) is 2. The van der Waals surface area contributed by atoms with Crippen LogP contribution >= 0.6 is 11.6 Å². The molecule has 2 aromatic carbocycles. The Morgan fingerprint density at radius 3 is 2.59 bits per heavy atom. The van der Waals surface area contributed by atoms with Crippen molar-refractivity contribution in [2.45, 2.75) is 6.92 Å². The highest BCUT2D eigenvalue weighted by Crippen LogP contribution is 2.26. The number of carbonyl (C=O) groups excluding carboxylic acids is 1. The number of amides is 1. The quantitative estimate of drug-likeness (QED) is 0.671. The fourth-order valence-electron chi connectivity index (χ4n) is 2.35. The van der Waals surface area contributed by atoms with Crippen molar-refractivity contribution < 1.29 is 13.9 Å². The molecule has 0 bridgehead atoms. The van der Waals surface area contributed by atoms with E-state index in [4.69, 9.17) is 16.3 Å². The molecule has 0 fully saturated rings. The number of nitrogens with one attached hydrogen (secondary N) is 2. The number of anilines is 3. The van der Waals surface area contributed by atoms with Gasteiger partial charge in [-0.2, -0.15) is 0 Å². The smallest absolute Gasteiger partial charge is 0.276 e. The number of benzene rings is 2. The molecule has 0 aliphatic carbocycles. The number of aromatic nitrogens is 2. The molecule has 0 saturated heterocycles. The van der Waals surface area contributed by atoms with Crippen LogP contribution in [0.15, 0.2) is 48.5 Å². The van der Waals surface area contributed by atoms with Gasteiger partial charge in [0.25, 0.3) is 5.91 Å². The van der Waals surface area contributed by atoms with E-state index in [1.807, 2.05) is 13.0 Å². The van der Waals surface area contributed by atoms with E-state index in [0.29, 0.717) is 22.9 Å². The Kier molecular flexibility index (Phi) is 5.52. The first-order chi connectivity index (χ1) is 13.0. The maximum atomic E-state index is 13.2. The Labute approximate surface area is 160 Å². The number of halogens is 2. The van der Waals surface area contributed by atoms with E-state index >= 15 is 0 Å². The van der Waals surface area contributed by atoms with Gasteiger partial charge in [0.1, 0.15) is 11.6 Å². The molecule has 6 nitrogen and oxygen atoms in total. The van der Waals surface area contributed by atoms with Crippen molar-refractivity contribution in [3.05, 3.63) is 70.6 Å². The second-order valence-corrected chi connectivity index (χ2v) is 6.12. The zero-order valence-corrected chi connectivity index (χ0v) is 15.3. The van der Waals surface area contributed by atoms with Crippen LogP contribution in [0.2, 0.25) is 5.02 Å². The number of aryl methyl sites for hydroxylation is 1. The Hall–Kier alpha value is -3.19. The first-order valence-electron chi connectivity index (χ1n) is 7.98. The number of hydrogen-bond acceptors (Lipinski definition) is 5. The molecule has 138 valence electrons. The van der Waals surface area contributed by atoms with Crippen LogP contribution in [0.3, 0.4) is 0 Å². The van der Waals surface area contributed by atoms with Gasteiger partial charge in [-0.25, -0.2) is 4.39 Å². The molecule has 0 saturated carbocycles. The van der Waals surface area contributed by atoms with Gasteiger partial charge in [-0.05, 0) is 55.0 Å². The van der Waals surface area contributed by atoms with Gasteiger partial charge in [-0.1, -0.05) is 17.7 Å². The summed E-state index contributed by atoms with van der Waals surface area (Å²) in [6, 6.07) is 12.8. The van der Waals surface area contributed by atoms with Gasteiger partial charge in [0.15, 0.2) is 11.5 Å².